The van der Waals surface area contributed by atoms with Crippen LogP contribution in [0.3, 0.4) is 0 Å². The van der Waals surface area contributed by atoms with Crippen molar-refractivity contribution in [3.05, 3.63) is 53.5 Å². The number of nitrogens with one attached hydrogen (secondary N) is 3. The van der Waals surface area contributed by atoms with Crippen LogP contribution in [0.5, 0.6) is 0 Å². The first kappa shape index (κ1) is 22.2. The van der Waals surface area contributed by atoms with E-state index in [1.54, 1.807) is 13.1 Å². The maximum atomic E-state index is 12.0. The van der Waals surface area contributed by atoms with Crippen LogP contribution < -0.4 is 20.9 Å². The Morgan fingerprint density at radius 3 is 2.84 bits per heavy atom. The number of furan rings is 1. The fourth-order valence-corrected chi connectivity index (χ4v) is 3.73. The molecule has 1 aromatic heterocycles. The predicted octanol–water partition coefficient (Wildman–Crippen LogP) is 2.41. The van der Waals surface area contributed by atoms with Gasteiger partial charge < -0.3 is 25.3 Å². The molecule has 164 valence electrons. The summed E-state index contributed by atoms with van der Waals surface area (Å²) in [6, 6.07) is 12.0. The fourth-order valence-electron chi connectivity index (χ4n) is 3.73. The fraction of sp³-hybridized carbons (Fsp3) is 0.435. The number of benzene rings is 1. The first-order chi connectivity index (χ1) is 15.1. The monoisotopic (exact) mass is 422 g/mol. The van der Waals surface area contributed by atoms with Gasteiger partial charge in [-0.1, -0.05) is 12.1 Å². The van der Waals surface area contributed by atoms with Crippen LogP contribution in [0, 0.1) is 18.3 Å². The van der Waals surface area contributed by atoms with Crippen molar-refractivity contribution in [3.63, 3.8) is 0 Å². The summed E-state index contributed by atoms with van der Waals surface area (Å²) in [6.07, 6.45) is 4.38. The average molecular weight is 423 g/mol. The van der Waals surface area contributed by atoms with Crippen LogP contribution >= 0.6 is 0 Å². The number of aryl methyl sites for hydroxylation is 1. The zero-order valence-corrected chi connectivity index (χ0v) is 18.1. The van der Waals surface area contributed by atoms with Crippen molar-refractivity contribution < 1.29 is 9.21 Å². The molecule has 1 fully saturated rings. The van der Waals surface area contributed by atoms with Crippen molar-refractivity contribution in [1.82, 2.24) is 16.0 Å². The molecule has 3 rings (SSSR count). The number of anilines is 1. The number of nitriles is 1. The lowest BCUT2D eigenvalue weighted by atomic mass is 10.0. The van der Waals surface area contributed by atoms with Crippen molar-refractivity contribution in [2.24, 2.45) is 4.99 Å². The topological polar surface area (TPSA) is 106 Å². The number of hydrogen-bond acceptors (Lipinski definition) is 5. The van der Waals surface area contributed by atoms with E-state index < -0.39 is 0 Å². The summed E-state index contributed by atoms with van der Waals surface area (Å²) < 4.78 is 5.20. The van der Waals surface area contributed by atoms with Gasteiger partial charge in [0.1, 0.15) is 6.07 Å². The molecule has 0 saturated carbocycles. The quantitative estimate of drug-likeness (QED) is 0.359. The Labute approximate surface area is 183 Å². The number of para-hydroxylation sites is 1. The number of nitrogens with zero attached hydrogens (tertiary/aromatic N) is 3. The van der Waals surface area contributed by atoms with Gasteiger partial charge in [-0.05, 0) is 44.4 Å². The van der Waals surface area contributed by atoms with Crippen LogP contribution in [0.1, 0.15) is 40.9 Å². The summed E-state index contributed by atoms with van der Waals surface area (Å²) in [5.74, 6) is 0.920. The number of aliphatic imine (C=N–C) groups is 1. The highest BCUT2D eigenvalue weighted by Crippen LogP contribution is 2.23. The largest absolute Gasteiger partial charge is 0.459 e. The summed E-state index contributed by atoms with van der Waals surface area (Å²) in [6.45, 7) is 4.84. The van der Waals surface area contributed by atoms with E-state index >= 15 is 0 Å². The van der Waals surface area contributed by atoms with Gasteiger partial charge in [0.2, 0.25) is 0 Å². The lowest BCUT2D eigenvalue weighted by Gasteiger charge is -2.35. The maximum Gasteiger partial charge on any atom is 0.287 e. The lowest BCUT2D eigenvalue weighted by Crippen LogP contribution is -2.51. The summed E-state index contributed by atoms with van der Waals surface area (Å²) in [4.78, 5) is 18.6. The van der Waals surface area contributed by atoms with Crippen LogP contribution in [0.2, 0.25) is 0 Å². The zero-order valence-electron chi connectivity index (χ0n) is 18.1. The molecule has 0 aliphatic carbocycles. The van der Waals surface area contributed by atoms with Gasteiger partial charge in [0.05, 0.1) is 17.5 Å². The van der Waals surface area contributed by atoms with Crippen LogP contribution in [0.25, 0.3) is 0 Å². The van der Waals surface area contributed by atoms with E-state index in [0.717, 1.165) is 49.6 Å². The van der Waals surface area contributed by atoms with Crippen LogP contribution in [0.4, 0.5) is 5.69 Å². The summed E-state index contributed by atoms with van der Waals surface area (Å²) >= 11 is 0. The van der Waals surface area contributed by atoms with Gasteiger partial charge in [0.15, 0.2) is 11.7 Å². The molecule has 8 heteroatoms. The molecule has 2 aromatic rings. The number of amides is 1. The molecule has 0 bridgehead atoms. The second-order valence-corrected chi connectivity index (χ2v) is 7.60. The normalized spacial score (nSPS) is 16.5. The smallest absolute Gasteiger partial charge is 0.287 e. The number of carbonyl (C=O) groups is 1. The molecule has 3 N–H and O–H groups in total. The second kappa shape index (κ2) is 11.1. The highest BCUT2D eigenvalue weighted by molar-refractivity contribution is 5.92. The predicted molar refractivity (Wildman–Crippen MR) is 121 cm³/mol. The van der Waals surface area contributed by atoms with Gasteiger partial charge in [0, 0.05) is 44.8 Å². The molecule has 8 nitrogen and oxygen atoms in total. The lowest BCUT2D eigenvalue weighted by molar-refractivity contribution is 0.0925. The van der Waals surface area contributed by atoms with E-state index in [1.165, 1.54) is 6.26 Å². The first-order valence-electron chi connectivity index (χ1n) is 10.7. The van der Waals surface area contributed by atoms with Gasteiger partial charge in [-0.15, -0.1) is 0 Å². The Hall–Kier alpha value is -3.47. The van der Waals surface area contributed by atoms with Crippen LogP contribution in [0.15, 0.2) is 46.0 Å². The standard InChI is InChI=1S/C23H30N6O2/c1-17-10-14-31-21(17)22(30)26-11-6-12-27-23(25-2)28-19-8-5-13-29(16-19)20-9-4-3-7-18(20)15-24/h3-4,7,9-10,14,19H,5-6,8,11-13,16H2,1-2H3,(H,26,30)(H2,25,27,28). The van der Waals surface area contributed by atoms with Gasteiger partial charge in [-0.25, -0.2) is 0 Å². The molecule has 1 aliphatic heterocycles. The molecule has 2 heterocycles. The van der Waals surface area contributed by atoms with Crippen molar-refractivity contribution >= 4 is 17.6 Å². The molecule has 0 spiro atoms. The van der Waals surface area contributed by atoms with Crippen LogP contribution in [-0.4, -0.2) is 51.1 Å². The van der Waals surface area contributed by atoms with E-state index in [-0.39, 0.29) is 11.9 Å². The van der Waals surface area contributed by atoms with Crippen molar-refractivity contribution in [1.29, 1.82) is 5.26 Å². The second-order valence-electron chi connectivity index (χ2n) is 7.60. The van der Waals surface area contributed by atoms with Gasteiger partial charge in [-0.2, -0.15) is 5.26 Å². The molecule has 0 radical (unpaired) electrons. The third kappa shape index (κ3) is 6.01. The summed E-state index contributed by atoms with van der Waals surface area (Å²) in [5.41, 5.74) is 2.53. The number of guanidine groups is 1. The molecular formula is C23H30N6O2. The van der Waals surface area contributed by atoms with Crippen molar-refractivity contribution in [3.8, 4) is 6.07 Å². The molecule has 1 atom stereocenters. The van der Waals surface area contributed by atoms with Crippen molar-refractivity contribution in [2.75, 3.05) is 38.1 Å². The van der Waals surface area contributed by atoms with Gasteiger partial charge >= 0.3 is 0 Å². The average Bonchev–Trinajstić information content (AvgIpc) is 3.24. The van der Waals surface area contributed by atoms with E-state index in [0.29, 0.717) is 24.4 Å². The Kier molecular flexibility index (Phi) is 7.93. The van der Waals surface area contributed by atoms with Crippen molar-refractivity contribution in [2.45, 2.75) is 32.2 Å². The maximum absolute atomic E-state index is 12.0. The number of carbonyl (C=O) groups excluding carboxylic acids is 1. The van der Waals surface area contributed by atoms with Gasteiger partial charge in [-0.3, -0.25) is 9.79 Å². The SMILES string of the molecule is CN=C(NCCCNC(=O)c1occc1C)NC1CCCN(c2ccccc2C#N)C1. The summed E-state index contributed by atoms with van der Waals surface area (Å²) in [7, 11) is 1.75. The first-order valence-corrected chi connectivity index (χ1v) is 10.7. The minimum Gasteiger partial charge on any atom is -0.459 e. The minimum atomic E-state index is -0.190. The van der Waals surface area contributed by atoms with Gasteiger partial charge in [0.25, 0.3) is 5.91 Å². The van der Waals surface area contributed by atoms with Crippen LogP contribution in [-0.2, 0) is 0 Å². The Morgan fingerprint density at radius 2 is 2.10 bits per heavy atom. The number of piperidine rings is 1. The highest BCUT2D eigenvalue weighted by atomic mass is 16.3. The molecule has 1 aromatic carbocycles. The van der Waals surface area contributed by atoms with E-state index in [1.807, 2.05) is 31.2 Å². The molecular weight excluding hydrogens is 392 g/mol. The number of rotatable bonds is 7. The molecule has 31 heavy (non-hydrogen) atoms. The molecule has 1 saturated heterocycles. The van der Waals surface area contributed by atoms with E-state index in [9.17, 15) is 10.1 Å². The highest BCUT2D eigenvalue weighted by Gasteiger charge is 2.22. The minimum absolute atomic E-state index is 0.190. The zero-order chi connectivity index (χ0) is 22.1. The van der Waals surface area contributed by atoms with E-state index in [2.05, 4.69) is 31.9 Å². The summed E-state index contributed by atoms with van der Waals surface area (Å²) in [5, 5.41) is 19.0. The molecule has 1 aliphatic rings. The molecule has 1 amide bonds. The molecule has 1 unspecified atom stereocenters. The Bertz CT molecular complexity index is 946. The third-order valence-corrected chi connectivity index (χ3v) is 5.35. The number of hydrogen-bond donors (Lipinski definition) is 3. The van der Waals surface area contributed by atoms with E-state index in [4.69, 9.17) is 4.42 Å². The Morgan fingerprint density at radius 1 is 1.29 bits per heavy atom. The Balaban J connectivity index is 1.42. The third-order valence-electron chi connectivity index (χ3n) is 5.35.